The van der Waals surface area contributed by atoms with Crippen LogP contribution in [0.5, 0.6) is 0 Å². The summed E-state index contributed by atoms with van der Waals surface area (Å²) in [5, 5.41) is 3.93. The van der Waals surface area contributed by atoms with Gasteiger partial charge in [0.1, 0.15) is 5.52 Å². The predicted octanol–water partition coefficient (Wildman–Crippen LogP) is 4.14. The fourth-order valence-electron chi connectivity index (χ4n) is 5.23. The van der Waals surface area contributed by atoms with Crippen LogP contribution in [-0.2, 0) is 16.6 Å². The number of hydrogen-bond acceptors (Lipinski definition) is 8. The minimum Gasteiger partial charge on any atom is -0.369 e. The van der Waals surface area contributed by atoms with Crippen LogP contribution in [-0.4, -0.2) is 66.8 Å². The number of pyridine rings is 1. The monoisotopic (exact) mass is 516 g/mol. The van der Waals surface area contributed by atoms with Gasteiger partial charge in [-0.3, -0.25) is 13.8 Å². The number of aromatic nitrogens is 5. The van der Waals surface area contributed by atoms with Crippen molar-refractivity contribution in [1.82, 2.24) is 29.4 Å². The van der Waals surface area contributed by atoms with E-state index in [9.17, 15) is 4.21 Å². The van der Waals surface area contributed by atoms with Crippen molar-refractivity contribution in [3.8, 4) is 0 Å². The molecule has 0 spiro atoms. The van der Waals surface area contributed by atoms with Gasteiger partial charge in [0.15, 0.2) is 5.65 Å². The van der Waals surface area contributed by atoms with E-state index in [-0.39, 0.29) is 6.04 Å². The van der Waals surface area contributed by atoms with Gasteiger partial charge in [-0.05, 0) is 55.8 Å². The largest absolute Gasteiger partial charge is 0.369 e. The van der Waals surface area contributed by atoms with E-state index in [4.69, 9.17) is 9.97 Å². The van der Waals surface area contributed by atoms with E-state index < -0.39 is 10.8 Å². The third-order valence-corrected chi connectivity index (χ3v) is 8.60. The van der Waals surface area contributed by atoms with Gasteiger partial charge in [-0.2, -0.15) is 4.98 Å². The summed E-state index contributed by atoms with van der Waals surface area (Å²) in [6.07, 6.45) is 9.64. The van der Waals surface area contributed by atoms with Crippen molar-refractivity contribution in [3.05, 3.63) is 60.6 Å². The number of imidazole rings is 1. The van der Waals surface area contributed by atoms with Crippen LogP contribution in [0.1, 0.15) is 37.3 Å². The predicted molar refractivity (Wildman–Crippen MR) is 147 cm³/mol. The lowest BCUT2D eigenvalue weighted by molar-refractivity contribution is 0.313. The first-order valence-corrected chi connectivity index (χ1v) is 14.3. The highest BCUT2D eigenvalue weighted by atomic mass is 32.2. The molecule has 3 aromatic heterocycles. The molecule has 10 heteroatoms. The summed E-state index contributed by atoms with van der Waals surface area (Å²) in [6, 6.07) is 12.5. The molecule has 37 heavy (non-hydrogen) atoms. The standard InChI is InChI=1S/C27H32N8OS/c1-33-13-15-34(16-14-33)22-10-8-21(9-11-22)30-26-29-18-24-25(32-26)35(23-6-2-3-7-23)27(31-24)37(36)19-20-5-4-12-28-17-20/h4-5,8-12,17-18,23H,2-3,6-7,13-16,19H2,1H3,(H,29,30,32). The number of hydrogen-bond donors (Lipinski definition) is 1. The highest BCUT2D eigenvalue weighted by Gasteiger charge is 2.27. The fraction of sp³-hybridized carbons (Fsp3) is 0.407. The number of nitrogens with zero attached hydrogens (tertiary/aromatic N) is 7. The number of piperazine rings is 1. The lowest BCUT2D eigenvalue weighted by atomic mass is 10.2. The number of nitrogens with one attached hydrogen (secondary N) is 1. The average Bonchev–Trinajstić information content (AvgIpc) is 3.58. The van der Waals surface area contributed by atoms with Crippen LogP contribution in [0.15, 0.2) is 60.1 Å². The minimum absolute atomic E-state index is 0.253. The topological polar surface area (TPSA) is 92.1 Å². The minimum atomic E-state index is -1.31. The first kappa shape index (κ1) is 24.0. The Morgan fingerprint density at radius 3 is 2.51 bits per heavy atom. The Morgan fingerprint density at radius 2 is 1.78 bits per heavy atom. The van der Waals surface area contributed by atoms with E-state index >= 15 is 0 Å². The highest BCUT2D eigenvalue weighted by Crippen LogP contribution is 2.34. The lowest BCUT2D eigenvalue weighted by Gasteiger charge is -2.34. The zero-order valence-corrected chi connectivity index (χ0v) is 21.9. The van der Waals surface area contributed by atoms with Crippen molar-refractivity contribution in [2.24, 2.45) is 0 Å². The second kappa shape index (κ2) is 10.5. The van der Waals surface area contributed by atoms with Crippen molar-refractivity contribution >= 4 is 39.3 Å². The summed E-state index contributed by atoms with van der Waals surface area (Å²) in [5.41, 5.74) is 4.52. The van der Waals surface area contributed by atoms with Gasteiger partial charge in [0.2, 0.25) is 11.1 Å². The van der Waals surface area contributed by atoms with Crippen LogP contribution in [0.4, 0.5) is 17.3 Å². The molecule has 0 bridgehead atoms. The van der Waals surface area contributed by atoms with Crippen molar-refractivity contribution in [1.29, 1.82) is 0 Å². The highest BCUT2D eigenvalue weighted by molar-refractivity contribution is 7.84. The van der Waals surface area contributed by atoms with Gasteiger partial charge in [0.25, 0.3) is 0 Å². The Hall–Kier alpha value is -3.37. The molecule has 6 rings (SSSR count). The maximum atomic E-state index is 13.4. The van der Waals surface area contributed by atoms with E-state index in [0.717, 1.165) is 68.8 Å². The van der Waals surface area contributed by atoms with Gasteiger partial charge < -0.3 is 15.1 Å². The third-order valence-electron chi connectivity index (χ3n) is 7.31. The summed E-state index contributed by atoms with van der Waals surface area (Å²) < 4.78 is 15.6. The van der Waals surface area contributed by atoms with Crippen LogP contribution < -0.4 is 10.2 Å². The Labute approximate surface area is 219 Å². The van der Waals surface area contributed by atoms with Gasteiger partial charge in [-0.25, -0.2) is 9.97 Å². The first-order chi connectivity index (χ1) is 18.1. The van der Waals surface area contributed by atoms with Gasteiger partial charge >= 0.3 is 0 Å². The van der Waals surface area contributed by atoms with Crippen molar-refractivity contribution in [2.75, 3.05) is 43.4 Å². The Balaban J connectivity index is 1.26. The van der Waals surface area contributed by atoms with Gasteiger partial charge in [0, 0.05) is 56.0 Å². The number of benzene rings is 1. The SMILES string of the molecule is CN1CCN(c2ccc(Nc3ncc4nc(S(=O)Cc5cccnc5)n(C5CCCC5)c4n3)cc2)CC1. The van der Waals surface area contributed by atoms with Crippen LogP contribution in [0.25, 0.3) is 11.2 Å². The molecule has 192 valence electrons. The molecule has 1 saturated heterocycles. The van der Waals surface area contributed by atoms with Crippen LogP contribution in [0.2, 0.25) is 0 Å². The average molecular weight is 517 g/mol. The maximum Gasteiger partial charge on any atom is 0.229 e. The summed E-state index contributed by atoms with van der Waals surface area (Å²) in [7, 11) is 0.857. The van der Waals surface area contributed by atoms with Crippen LogP contribution >= 0.6 is 0 Å². The summed E-state index contributed by atoms with van der Waals surface area (Å²) in [4.78, 5) is 23.1. The van der Waals surface area contributed by atoms with Crippen LogP contribution in [0.3, 0.4) is 0 Å². The Kier molecular flexibility index (Phi) is 6.84. The van der Waals surface area contributed by atoms with E-state index in [0.29, 0.717) is 22.4 Å². The molecule has 1 N–H and O–H groups in total. The van der Waals surface area contributed by atoms with Crippen molar-refractivity contribution < 1.29 is 4.21 Å². The summed E-state index contributed by atoms with van der Waals surface area (Å²) >= 11 is 0. The molecule has 0 radical (unpaired) electrons. The second-order valence-electron chi connectivity index (χ2n) is 9.92. The van der Waals surface area contributed by atoms with E-state index in [2.05, 4.69) is 61.0 Å². The zero-order chi connectivity index (χ0) is 25.2. The van der Waals surface area contributed by atoms with E-state index in [1.54, 1.807) is 18.6 Å². The molecule has 2 fully saturated rings. The molecular weight excluding hydrogens is 484 g/mol. The quantitative estimate of drug-likeness (QED) is 0.392. The summed E-state index contributed by atoms with van der Waals surface area (Å²) in [6.45, 7) is 4.24. The number of likely N-dealkylation sites (N-methyl/N-ethyl adjacent to an activating group) is 1. The Bertz CT molecular complexity index is 1380. The molecule has 1 aliphatic carbocycles. The molecule has 1 saturated carbocycles. The normalized spacial score (nSPS) is 17.9. The van der Waals surface area contributed by atoms with E-state index in [1.165, 1.54) is 5.69 Å². The molecule has 4 heterocycles. The smallest absolute Gasteiger partial charge is 0.229 e. The molecule has 9 nitrogen and oxygen atoms in total. The van der Waals surface area contributed by atoms with Gasteiger partial charge in [-0.15, -0.1) is 0 Å². The number of fused-ring (bicyclic) bond motifs is 1. The fourth-order valence-corrected chi connectivity index (χ4v) is 6.49. The van der Waals surface area contributed by atoms with Gasteiger partial charge in [-0.1, -0.05) is 18.9 Å². The van der Waals surface area contributed by atoms with Crippen molar-refractivity contribution in [3.63, 3.8) is 0 Å². The molecule has 1 aliphatic heterocycles. The number of rotatable bonds is 7. The second-order valence-corrected chi connectivity index (χ2v) is 11.3. The molecule has 1 aromatic carbocycles. The van der Waals surface area contributed by atoms with Crippen LogP contribution in [0, 0.1) is 0 Å². The number of anilines is 3. The molecule has 1 atom stereocenters. The molecular formula is C27H32N8OS. The molecule has 1 unspecified atom stereocenters. The van der Waals surface area contributed by atoms with Gasteiger partial charge in [0.05, 0.1) is 22.7 Å². The third kappa shape index (κ3) is 5.21. The Morgan fingerprint density at radius 1 is 1.00 bits per heavy atom. The lowest BCUT2D eigenvalue weighted by Crippen LogP contribution is -2.44. The zero-order valence-electron chi connectivity index (χ0n) is 21.1. The first-order valence-electron chi connectivity index (χ1n) is 13.0. The molecule has 4 aromatic rings. The molecule has 2 aliphatic rings. The van der Waals surface area contributed by atoms with E-state index in [1.807, 2.05) is 12.1 Å². The molecule has 0 amide bonds. The maximum absolute atomic E-state index is 13.4. The van der Waals surface area contributed by atoms with Crippen molar-refractivity contribution in [2.45, 2.75) is 42.6 Å². The summed E-state index contributed by atoms with van der Waals surface area (Å²) in [5.74, 6) is 0.894.